The molecule has 0 aliphatic carbocycles. The van der Waals surface area contributed by atoms with E-state index in [0.717, 1.165) is 19.4 Å². The first-order valence-electron chi connectivity index (χ1n) is 10.5. The summed E-state index contributed by atoms with van der Waals surface area (Å²) in [4.78, 5) is 0. The Kier molecular flexibility index (Phi) is 35.1. The Morgan fingerprint density at radius 1 is 0.647 bits per heavy atom. The van der Waals surface area contributed by atoms with Crippen molar-refractivity contribution in [1.82, 2.24) is 0 Å². The molecule has 0 saturated heterocycles. The molecule has 0 aliphatic rings. The van der Waals surface area contributed by atoms with Crippen molar-refractivity contribution in [2.24, 2.45) is 10.8 Å². The second-order valence-electron chi connectivity index (χ2n) is 9.81. The summed E-state index contributed by atoms with van der Waals surface area (Å²) in [7, 11) is 22.7. The van der Waals surface area contributed by atoms with Crippen molar-refractivity contribution in [2.45, 2.75) is 102 Å². The van der Waals surface area contributed by atoms with Gasteiger partial charge in [0, 0.05) is 0 Å². The lowest BCUT2D eigenvalue weighted by Crippen LogP contribution is -2.19. The fourth-order valence-electron chi connectivity index (χ4n) is 2.23. The molecule has 0 aliphatic heterocycles. The average Bonchev–Trinajstić information content (AvgIpc) is 2.59. The molecule has 0 fully saturated rings. The Bertz CT molecular complexity index is 439. The molecule has 0 heterocycles. The summed E-state index contributed by atoms with van der Waals surface area (Å²) in [5.41, 5.74) is 0.881. The highest BCUT2D eigenvalue weighted by atomic mass is 33.0. The maximum atomic E-state index is 6.59. The molecular weight excluding hydrogens is 682 g/mol. The van der Waals surface area contributed by atoms with Crippen LogP contribution in [0.2, 0.25) is 0 Å². The first-order valence-corrected chi connectivity index (χ1v) is 34.1. The molecule has 212 valence electrons. The summed E-state index contributed by atoms with van der Waals surface area (Å²) in [5, 5.41) is 0. The summed E-state index contributed by atoms with van der Waals surface area (Å²) >= 11 is 0. The minimum Gasteiger partial charge on any atom is -0.346 e. The SMILES string of the molecule is C.C.CC(C)(C)CCC(COP(P(P)P)P(P)P)OP(P(P)P)P(P)P.CCCCC(C)(C)C. The summed E-state index contributed by atoms with van der Waals surface area (Å²) < 4.78 is 13.0. The monoisotopic (exact) mass is 740 g/mol. The predicted molar refractivity (Wildman–Crippen MR) is 211 cm³/mol. The minimum atomic E-state index is -0.428. The molecule has 0 aromatic rings. The van der Waals surface area contributed by atoms with Crippen molar-refractivity contribution >= 4 is 114 Å². The highest BCUT2D eigenvalue weighted by Gasteiger charge is 2.27. The highest BCUT2D eigenvalue weighted by molar-refractivity contribution is 8.96. The largest absolute Gasteiger partial charge is 0.346 e. The third-order valence-electron chi connectivity index (χ3n) is 3.91. The van der Waals surface area contributed by atoms with Gasteiger partial charge in [-0.05, 0) is 58.0 Å². The van der Waals surface area contributed by atoms with Gasteiger partial charge in [-0.2, -0.15) is 0 Å². The van der Waals surface area contributed by atoms with Crippen molar-refractivity contribution in [2.75, 3.05) is 6.61 Å². The lowest BCUT2D eigenvalue weighted by molar-refractivity contribution is 0.136. The van der Waals surface area contributed by atoms with Crippen molar-refractivity contribution in [3.63, 3.8) is 0 Å². The third kappa shape index (κ3) is 29.4. The molecular formula is C18H58O2P14. The smallest absolute Gasteiger partial charge is 0.0926 e. The van der Waals surface area contributed by atoms with Gasteiger partial charge in [0.25, 0.3) is 0 Å². The average molecular weight is 740 g/mol. The van der Waals surface area contributed by atoms with Gasteiger partial charge >= 0.3 is 0 Å². The molecule has 0 N–H and O–H groups in total. The molecule has 0 aromatic carbocycles. The number of hydrogen-bond donors (Lipinski definition) is 0. The van der Waals surface area contributed by atoms with Gasteiger partial charge in [0.2, 0.25) is 0 Å². The van der Waals surface area contributed by atoms with E-state index in [1.54, 1.807) is 0 Å². The van der Waals surface area contributed by atoms with Crippen LogP contribution < -0.4 is 0 Å². The molecule has 0 rings (SSSR count). The van der Waals surface area contributed by atoms with Gasteiger partial charge in [0.05, 0.1) is 27.8 Å². The predicted octanol–water partition coefficient (Wildman–Crippen LogP) is 14.4. The molecule has 2 nitrogen and oxygen atoms in total. The second kappa shape index (κ2) is 25.4. The van der Waals surface area contributed by atoms with Crippen LogP contribution >= 0.6 is 114 Å². The lowest BCUT2D eigenvalue weighted by Gasteiger charge is -2.32. The zero-order valence-electron chi connectivity index (χ0n) is 20.9. The lowest BCUT2D eigenvalue weighted by atomic mass is 9.89. The summed E-state index contributed by atoms with van der Waals surface area (Å²) in [5.74, 6) is 0. The minimum absolute atomic E-state index is 0. The van der Waals surface area contributed by atoms with Crippen molar-refractivity contribution in [1.29, 1.82) is 0 Å². The Labute approximate surface area is 241 Å². The molecule has 0 saturated carbocycles. The van der Waals surface area contributed by atoms with Gasteiger partial charge < -0.3 is 9.05 Å². The van der Waals surface area contributed by atoms with E-state index in [1.165, 1.54) is 19.3 Å². The van der Waals surface area contributed by atoms with Crippen LogP contribution in [0.3, 0.4) is 0 Å². The van der Waals surface area contributed by atoms with Crippen LogP contribution in [0.5, 0.6) is 0 Å². The standard InChI is InChI=1S/C8H32O2P14.C8H18.2CH4/c1-8(2,3)5-4-7(10-20(23(15)16)24(17)18)6-9-19(21(11)12)22(13)14;1-5-6-7-8(2,3)4;;/h7H,4-6,11-18H2,1-3H3;5-7H2,1-4H3;2*1H4. The maximum absolute atomic E-state index is 6.59. The summed E-state index contributed by atoms with van der Waals surface area (Å²) in [6, 6.07) is 0. The van der Waals surface area contributed by atoms with Crippen molar-refractivity contribution in [3.05, 3.63) is 0 Å². The van der Waals surface area contributed by atoms with Crippen LogP contribution in [-0.4, -0.2) is 12.7 Å². The maximum Gasteiger partial charge on any atom is 0.0926 e. The van der Waals surface area contributed by atoms with Crippen LogP contribution in [-0.2, 0) is 9.05 Å². The van der Waals surface area contributed by atoms with Crippen molar-refractivity contribution < 1.29 is 9.05 Å². The normalized spacial score (nSPS) is 13.3. The van der Waals surface area contributed by atoms with E-state index in [4.69, 9.17) is 9.05 Å². The Morgan fingerprint density at radius 2 is 1.03 bits per heavy atom. The Morgan fingerprint density at radius 3 is 1.29 bits per heavy atom. The van der Waals surface area contributed by atoms with Crippen LogP contribution in [0.1, 0.15) is 95.4 Å². The zero-order valence-corrected chi connectivity index (χ0v) is 35.5. The van der Waals surface area contributed by atoms with Gasteiger partial charge in [-0.3, -0.25) is 0 Å². The Balaban J connectivity index is -0.000000385. The van der Waals surface area contributed by atoms with Gasteiger partial charge in [-0.1, -0.05) is 76.2 Å². The third-order valence-corrected chi connectivity index (χ3v) is 48.9. The Hall–Kier alpha value is 5.94. The van der Waals surface area contributed by atoms with E-state index in [0.29, 0.717) is 10.8 Å². The molecule has 0 aromatic heterocycles. The fourth-order valence-corrected chi connectivity index (χ4v) is 68.2. The van der Waals surface area contributed by atoms with E-state index in [9.17, 15) is 0 Å². The highest BCUT2D eigenvalue weighted by Crippen LogP contribution is 2.99. The second-order valence-corrected chi connectivity index (χ2v) is 57.1. The van der Waals surface area contributed by atoms with Gasteiger partial charge in [-0.15, -0.1) is 71.4 Å². The molecule has 0 radical (unpaired) electrons. The molecule has 0 bridgehead atoms. The first-order chi connectivity index (χ1) is 14.4. The van der Waals surface area contributed by atoms with E-state index in [-0.39, 0.29) is 48.9 Å². The summed E-state index contributed by atoms with van der Waals surface area (Å²) in [6.45, 7) is 15.9. The molecule has 0 amide bonds. The van der Waals surface area contributed by atoms with Gasteiger partial charge in [0.1, 0.15) is 0 Å². The van der Waals surface area contributed by atoms with Crippen LogP contribution in [0, 0.1) is 10.8 Å². The quantitative estimate of drug-likeness (QED) is 0.175. The molecule has 9 unspecified atom stereocenters. The fraction of sp³-hybridized carbons (Fsp3) is 1.00. The molecule has 9 atom stereocenters. The van der Waals surface area contributed by atoms with Gasteiger partial charge in [0.15, 0.2) is 0 Å². The number of hydrogen-bond acceptors (Lipinski definition) is 2. The van der Waals surface area contributed by atoms with E-state index in [1.807, 2.05) is 0 Å². The van der Waals surface area contributed by atoms with Crippen LogP contribution in [0.15, 0.2) is 0 Å². The number of unbranched alkanes of at least 4 members (excludes halogenated alkanes) is 1. The van der Waals surface area contributed by atoms with Gasteiger partial charge in [-0.25, -0.2) is 0 Å². The molecule has 0 spiro atoms. The zero-order chi connectivity index (χ0) is 25.7. The first kappa shape index (κ1) is 46.9. The van der Waals surface area contributed by atoms with Crippen LogP contribution in [0.25, 0.3) is 0 Å². The molecule has 16 heteroatoms. The van der Waals surface area contributed by atoms with E-state index in [2.05, 4.69) is 120 Å². The van der Waals surface area contributed by atoms with Crippen LogP contribution in [0.4, 0.5) is 0 Å². The van der Waals surface area contributed by atoms with Crippen molar-refractivity contribution in [3.8, 4) is 0 Å². The topological polar surface area (TPSA) is 18.5 Å². The molecule has 34 heavy (non-hydrogen) atoms. The van der Waals surface area contributed by atoms with E-state index < -0.39 is 15.1 Å². The van der Waals surface area contributed by atoms with E-state index >= 15 is 0 Å². The number of rotatable bonds is 13. The summed E-state index contributed by atoms with van der Waals surface area (Å²) in [6.07, 6.45) is 6.50.